The average molecular weight is 310 g/mol. The fourth-order valence-electron chi connectivity index (χ4n) is 2.86. The second-order valence-electron chi connectivity index (χ2n) is 6.29. The zero-order valence-corrected chi connectivity index (χ0v) is 13.7. The van der Waals surface area contributed by atoms with Crippen LogP contribution in [-0.2, 0) is 9.59 Å². The highest BCUT2D eigenvalue weighted by Gasteiger charge is 2.50. The van der Waals surface area contributed by atoms with Gasteiger partial charge in [-0.25, -0.2) is 0 Å². The lowest BCUT2D eigenvalue weighted by Gasteiger charge is -2.23. The van der Waals surface area contributed by atoms with Crippen LogP contribution < -0.4 is 0 Å². The first-order chi connectivity index (χ1) is 10.5. The highest BCUT2D eigenvalue weighted by Crippen LogP contribution is 2.24. The fourth-order valence-corrected chi connectivity index (χ4v) is 2.86. The van der Waals surface area contributed by atoms with E-state index in [0.29, 0.717) is 6.42 Å². The second kappa shape index (κ2) is 9.90. The minimum atomic E-state index is -2.22. The van der Waals surface area contributed by atoms with Crippen LogP contribution in [0.4, 0.5) is 0 Å². The molecule has 0 amide bonds. The van der Waals surface area contributed by atoms with Crippen LogP contribution >= 0.6 is 0 Å². The Morgan fingerprint density at radius 2 is 1.55 bits per heavy atom. The van der Waals surface area contributed by atoms with E-state index in [1.165, 1.54) is 51.0 Å². The quantitative estimate of drug-likeness (QED) is 0.429. The van der Waals surface area contributed by atoms with E-state index in [1.807, 2.05) is 0 Å². The van der Waals surface area contributed by atoms with Crippen LogP contribution in [0.3, 0.4) is 0 Å². The van der Waals surface area contributed by atoms with Crippen LogP contribution in [0.2, 0.25) is 0 Å². The number of unbranched alkanes of at least 4 members (excludes halogenated alkanes) is 9. The molecule has 22 heavy (non-hydrogen) atoms. The molecule has 0 heterocycles. The Bertz CT molecular complexity index is 389. The van der Waals surface area contributed by atoms with Gasteiger partial charge in [0.15, 0.2) is 11.6 Å². The van der Waals surface area contributed by atoms with Crippen molar-refractivity contribution in [2.45, 2.75) is 89.3 Å². The van der Waals surface area contributed by atoms with Crippen molar-refractivity contribution in [3.8, 4) is 0 Å². The third-order valence-corrected chi connectivity index (χ3v) is 4.42. The van der Waals surface area contributed by atoms with Crippen molar-refractivity contribution in [2.75, 3.05) is 0 Å². The van der Waals surface area contributed by atoms with Gasteiger partial charge in [0.25, 0.3) is 0 Å². The normalized spacial score (nSPS) is 24.1. The first-order valence-electron chi connectivity index (χ1n) is 8.69. The predicted octanol–water partition coefficient (Wildman–Crippen LogP) is 3.10. The molecule has 0 saturated heterocycles. The molecule has 0 saturated carbocycles. The third-order valence-electron chi connectivity index (χ3n) is 4.42. The van der Waals surface area contributed by atoms with Crippen molar-refractivity contribution >= 4 is 11.6 Å². The van der Waals surface area contributed by atoms with Gasteiger partial charge in [-0.1, -0.05) is 64.7 Å². The number of aliphatic hydroxyl groups is 2. The Labute approximate surface area is 133 Å². The van der Waals surface area contributed by atoms with E-state index in [9.17, 15) is 19.8 Å². The molecule has 1 aliphatic rings. The van der Waals surface area contributed by atoms with E-state index in [0.717, 1.165) is 18.9 Å². The number of rotatable bonds is 12. The smallest absolute Gasteiger partial charge is 0.215 e. The van der Waals surface area contributed by atoms with Crippen molar-refractivity contribution in [3.63, 3.8) is 0 Å². The Balaban J connectivity index is 2.05. The molecule has 0 radical (unpaired) electrons. The molecule has 0 bridgehead atoms. The molecular weight excluding hydrogens is 280 g/mol. The molecule has 4 nitrogen and oxygen atoms in total. The van der Waals surface area contributed by atoms with E-state index in [2.05, 4.69) is 6.92 Å². The summed E-state index contributed by atoms with van der Waals surface area (Å²) in [6.07, 6.45) is 12.6. The summed E-state index contributed by atoms with van der Waals surface area (Å²) < 4.78 is 0. The number of carbonyl (C=O) groups excluding carboxylic acids is 2. The molecule has 0 aromatic carbocycles. The van der Waals surface area contributed by atoms with Gasteiger partial charge >= 0.3 is 0 Å². The van der Waals surface area contributed by atoms with E-state index in [1.54, 1.807) is 0 Å². The Morgan fingerprint density at radius 3 is 2.00 bits per heavy atom. The number of aliphatic hydroxyl groups excluding tert-OH is 1. The van der Waals surface area contributed by atoms with Gasteiger partial charge in [0, 0.05) is 6.42 Å². The molecular formula is C18H30O4. The summed E-state index contributed by atoms with van der Waals surface area (Å²) in [7, 11) is 0. The highest BCUT2D eigenvalue weighted by molar-refractivity contribution is 6.17. The van der Waals surface area contributed by atoms with E-state index in [4.69, 9.17) is 0 Å². The predicted molar refractivity (Wildman–Crippen MR) is 86.6 cm³/mol. The molecule has 0 spiro atoms. The molecule has 0 fully saturated rings. The Hall–Kier alpha value is -1.00. The maximum atomic E-state index is 12.0. The van der Waals surface area contributed by atoms with Crippen molar-refractivity contribution < 1.29 is 19.8 Å². The Morgan fingerprint density at radius 1 is 1.05 bits per heavy atom. The van der Waals surface area contributed by atoms with Crippen molar-refractivity contribution in [3.05, 3.63) is 12.2 Å². The molecule has 0 aromatic rings. The average Bonchev–Trinajstić information content (AvgIpc) is 2.77. The molecule has 1 aliphatic carbocycles. The van der Waals surface area contributed by atoms with Crippen LogP contribution in [0.1, 0.15) is 77.6 Å². The molecule has 0 aromatic heterocycles. The molecule has 0 aliphatic heterocycles. The van der Waals surface area contributed by atoms with Gasteiger partial charge in [-0.05, 0) is 18.6 Å². The van der Waals surface area contributed by atoms with Crippen LogP contribution in [0.5, 0.6) is 0 Å². The number of ketones is 2. The van der Waals surface area contributed by atoms with Gasteiger partial charge in [-0.3, -0.25) is 9.59 Å². The van der Waals surface area contributed by atoms with Gasteiger partial charge in [0.1, 0.15) is 6.10 Å². The van der Waals surface area contributed by atoms with Crippen LogP contribution in [0.15, 0.2) is 12.2 Å². The summed E-state index contributed by atoms with van der Waals surface area (Å²) in [4.78, 5) is 23.5. The first-order valence-corrected chi connectivity index (χ1v) is 8.69. The summed E-state index contributed by atoms with van der Waals surface area (Å²) in [6, 6.07) is 0. The van der Waals surface area contributed by atoms with Crippen molar-refractivity contribution in [1.82, 2.24) is 0 Å². The maximum absolute atomic E-state index is 12.0. The monoisotopic (exact) mass is 310 g/mol. The number of hydrogen-bond acceptors (Lipinski definition) is 4. The summed E-state index contributed by atoms with van der Waals surface area (Å²) in [5.41, 5.74) is -2.22. The minimum Gasteiger partial charge on any atom is -0.385 e. The largest absolute Gasteiger partial charge is 0.385 e. The SMILES string of the molecule is CCCCCCCCCCCCC(=O)[C@@]1(O)C(=O)C=C[C@@H]1O. The summed E-state index contributed by atoms with van der Waals surface area (Å²) >= 11 is 0. The zero-order chi connectivity index (χ0) is 16.4. The van der Waals surface area contributed by atoms with E-state index in [-0.39, 0.29) is 6.42 Å². The van der Waals surface area contributed by atoms with Crippen LogP contribution in [-0.4, -0.2) is 33.5 Å². The minimum absolute atomic E-state index is 0.150. The van der Waals surface area contributed by atoms with Gasteiger partial charge < -0.3 is 10.2 Å². The van der Waals surface area contributed by atoms with Crippen molar-refractivity contribution in [1.29, 1.82) is 0 Å². The maximum Gasteiger partial charge on any atom is 0.215 e. The Kier molecular flexibility index (Phi) is 8.57. The van der Waals surface area contributed by atoms with Gasteiger partial charge in [-0.15, -0.1) is 0 Å². The van der Waals surface area contributed by atoms with E-state index >= 15 is 0 Å². The highest BCUT2D eigenvalue weighted by atomic mass is 16.4. The molecule has 1 rings (SSSR count). The zero-order valence-electron chi connectivity index (χ0n) is 13.7. The second-order valence-corrected chi connectivity index (χ2v) is 6.29. The molecule has 4 heteroatoms. The molecule has 0 unspecified atom stereocenters. The number of Topliss-reactive ketones (excluding diaryl/α,β-unsaturated/α-hetero) is 1. The topological polar surface area (TPSA) is 74.6 Å². The molecule has 2 N–H and O–H groups in total. The summed E-state index contributed by atoms with van der Waals surface area (Å²) in [6.45, 7) is 2.21. The number of carbonyl (C=O) groups is 2. The lowest BCUT2D eigenvalue weighted by molar-refractivity contribution is -0.154. The summed E-state index contributed by atoms with van der Waals surface area (Å²) in [5.74, 6) is -1.26. The lowest BCUT2D eigenvalue weighted by atomic mass is 9.89. The van der Waals surface area contributed by atoms with Gasteiger partial charge in [0.05, 0.1) is 0 Å². The molecule has 2 atom stereocenters. The van der Waals surface area contributed by atoms with Crippen LogP contribution in [0, 0.1) is 0 Å². The van der Waals surface area contributed by atoms with Gasteiger partial charge in [0.2, 0.25) is 5.60 Å². The van der Waals surface area contributed by atoms with Crippen molar-refractivity contribution in [2.24, 2.45) is 0 Å². The lowest BCUT2D eigenvalue weighted by Crippen LogP contribution is -2.51. The standard InChI is InChI=1S/C18H30O4/c1-2-3-4-5-6-7-8-9-10-11-12-15(19)18(22)16(20)13-14-17(18)21/h13-14,16,20,22H,2-12H2,1H3/t16-,18-/m0/s1. The first kappa shape index (κ1) is 19.0. The number of hydrogen-bond donors (Lipinski definition) is 2. The van der Waals surface area contributed by atoms with Crippen LogP contribution in [0.25, 0.3) is 0 Å². The van der Waals surface area contributed by atoms with Gasteiger partial charge in [-0.2, -0.15) is 0 Å². The fraction of sp³-hybridized carbons (Fsp3) is 0.778. The van der Waals surface area contributed by atoms with E-state index < -0.39 is 23.3 Å². The molecule has 126 valence electrons. The third kappa shape index (κ3) is 5.33. The summed E-state index contributed by atoms with van der Waals surface area (Å²) in [5, 5.41) is 19.6.